The van der Waals surface area contributed by atoms with E-state index in [-0.39, 0.29) is 0 Å². The average molecular weight is 208 g/mol. The van der Waals surface area contributed by atoms with Crippen LogP contribution in [0, 0.1) is 6.92 Å². The number of benzene rings is 1. The molecule has 15 heavy (non-hydrogen) atoms. The topological polar surface area (TPSA) is 47.3 Å². The largest absolute Gasteiger partial charge is 0.375 e. The van der Waals surface area contributed by atoms with E-state index in [1.54, 1.807) is 0 Å². The van der Waals surface area contributed by atoms with Gasteiger partial charge in [0.25, 0.3) is 0 Å². The first-order valence-electron chi connectivity index (χ1n) is 5.37. The lowest BCUT2D eigenvalue weighted by Crippen LogP contribution is -2.25. The van der Waals surface area contributed by atoms with Gasteiger partial charge in [0.1, 0.15) is 0 Å². The predicted octanol–water partition coefficient (Wildman–Crippen LogP) is 1.06. The normalized spacial score (nSPS) is 10.5. The van der Waals surface area contributed by atoms with Crippen LogP contribution in [-0.2, 0) is 11.3 Å². The van der Waals surface area contributed by atoms with Gasteiger partial charge in [0.05, 0.1) is 13.2 Å². The first kappa shape index (κ1) is 12.2. The van der Waals surface area contributed by atoms with Crippen molar-refractivity contribution in [3.8, 4) is 0 Å². The van der Waals surface area contributed by atoms with Gasteiger partial charge in [-0.1, -0.05) is 24.3 Å². The lowest BCUT2D eigenvalue weighted by Gasteiger charge is -2.07. The van der Waals surface area contributed by atoms with Crippen LogP contribution in [0.3, 0.4) is 0 Å². The summed E-state index contributed by atoms with van der Waals surface area (Å²) < 4.78 is 5.54. The Morgan fingerprint density at radius 3 is 2.80 bits per heavy atom. The molecule has 1 aromatic rings. The number of hydrogen-bond donors (Lipinski definition) is 2. The molecule has 0 amide bonds. The van der Waals surface area contributed by atoms with Gasteiger partial charge in [0.2, 0.25) is 0 Å². The molecule has 0 aliphatic carbocycles. The second-order valence-corrected chi connectivity index (χ2v) is 3.52. The molecule has 0 aliphatic rings. The van der Waals surface area contributed by atoms with Crippen molar-refractivity contribution in [1.29, 1.82) is 0 Å². The Hall–Kier alpha value is -0.900. The van der Waals surface area contributed by atoms with Crippen LogP contribution in [0.25, 0.3) is 0 Å². The lowest BCUT2D eigenvalue weighted by atomic mass is 10.1. The minimum absolute atomic E-state index is 0.678. The maximum absolute atomic E-state index is 5.54. The number of nitrogens with two attached hydrogens (primary N) is 1. The number of ether oxygens (including phenoxy) is 1. The number of aryl methyl sites for hydroxylation is 1. The van der Waals surface area contributed by atoms with Crippen LogP contribution in [0.2, 0.25) is 0 Å². The second-order valence-electron chi connectivity index (χ2n) is 3.52. The summed E-state index contributed by atoms with van der Waals surface area (Å²) in [5.41, 5.74) is 7.90. The van der Waals surface area contributed by atoms with Gasteiger partial charge in [0, 0.05) is 19.6 Å². The van der Waals surface area contributed by atoms with E-state index in [1.807, 2.05) is 12.1 Å². The summed E-state index contributed by atoms with van der Waals surface area (Å²) >= 11 is 0. The van der Waals surface area contributed by atoms with Crippen molar-refractivity contribution in [1.82, 2.24) is 5.32 Å². The van der Waals surface area contributed by atoms with Gasteiger partial charge < -0.3 is 15.8 Å². The van der Waals surface area contributed by atoms with E-state index in [0.717, 1.165) is 19.7 Å². The van der Waals surface area contributed by atoms with Crippen molar-refractivity contribution in [2.24, 2.45) is 5.73 Å². The Morgan fingerprint density at radius 1 is 1.27 bits per heavy atom. The fraction of sp³-hybridized carbons (Fsp3) is 0.500. The first-order chi connectivity index (χ1) is 7.34. The molecule has 84 valence electrons. The molecule has 3 nitrogen and oxygen atoms in total. The van der Waals surface area contributed by atoms with Crippen LogP contribution >= 0.6 is 0 Å². The summed E-state index contributed by atoms with van der Waals surface area (Å²) in [6.07, 6.45) is 0. The van der Waals surface area contributed by atoms with Crippen molar-refractivity contribution < 1.29 is 4.74 Å². The Morgan fingerprint density at radius 2 is 2.07 bits per heavy atom. The summed E-state index contributed by atoms with van der Waals surface area (Å²) in [4.78, 5) is 0. The predicted molar refractivity (Wildman–Crippen MR) is 62.8 cm³/mol. The van der Waals surface area contributed by atoms with E-state index in [9.17, 15) is 0 Å². The monoisotopic (exact) mass is 208 g/mol. The first-order valence-corrected chi connectivity index (χ1v) is 5.37. The molecule has 1 rings (SSSR count). The van der Waals surface area contributed by atoms with E-state index in [1.165, 1.54) is 11.1 Å². The fourth-order valence-electron chi connectivity index (χ4n) is 1.33. The Bertz CT molecular complexity index is 276. The Labute approximate surface area is 91.6 Å². The molecule has 0 aliphatic heterocycles. The van der Waals surface area contributed by atoms with Crippen LogP contribution < -0.4 is 11.1 Å². The zero-order valence-electron chi connectivity index (χ0n) is 9.33. The van der Waals surface area contributed by atoms with Crippen molar-refractivity contribution in [2.45, 2.75) is 13.5 Å². The van der Waals surface area contributed by atoms with Crippen LogP contribution in [0.1, 0.15) is 11.1 Å². The lowest BCUT2D eigenvalue weighted by molar-refractivity contribution is 0.122. The molecule has 0 saturated carbocycles. The number of hydrogen-bond acceptors (Lipinski definition) is 3. The van der Waals surface area contributed by atoms with Crippen LogP contribution in [-0.4, -0.2) is 26.2 Å². The highest BCUT2D eigenvalue weighted by Crippen LogP contribution is 2.07. The van der Waals surface area contributed by atoms with Gasteiger partial charge >= 0.3 is 0 Å². The molecule has 0 aromatic heterocycles. The van der Waals surface area contributed by atoms with Crippen molar-refractivity contribution in [3.63, 3.8) is 0 Å². The van der Waals surface area contributed by atoms with Gasteiger partial charge in [-0.05, 0) is 18.1 Å². The molecule has 0 saturated heterocycles. The quantitative estimate of drug-likeness (QED) is 0.659. The molecular weight excluding hydrogens is 188 g/mol. The maximum Gasteiger partial charge on any atom is 0.0720 e. The van der Waals surface area contributed by atoms with Gasteiger partial charge in [-0.3, -0.25) is 0 Å². The number of rotatable bonds is 7. The summed E-state index contributed by atoms with van der Waals surface area (Å²) in [6, 6.07) is 8.29. The summed E-state index contributed by atoms with van der Waals surface area (Å²) in [7, 11) is 0. The Balaban J connectivity index is 2.12. The molecule has 3 N–H and O–H groups in total. The average Bonchev–Trinajstić information content (AvgIpc) is 2.25. The van der Waals surface area contributed by atoms with Crippen LogP contribution in [0.15, 0.2) is 24.3 Å². The highest BCUT2D eigenvalue weighted by Gasteiger charge is 1.96. The third-order valence-electron chi connectivity index (χ3n) is 2.26. The van der Waals surface area contributed by atoms with Crippen molar-refractivity contribution in [2.75, 3.05) is 26.2 Å². The molecule has 0 unspecified atom stereocenters. The zero-order chi connectivity index (χ0) is 10.9. The van der Waals surface area contributed by atoms with E-state index in [4.69, 9.17) is 10.5 Å². The maximum atomic E-state index is 5.54. The van der Waals surface area contributed by atoms with Crippen molar-refractivity contribution in [3.05, 3.63) is 35.4 Å². The molecule has 0 spiro atoms. The van der Waals surface area contributed by atoms with Gasteiger partial charge in [0.15, 0.2) is 0 Å². The molecule has 0 atom stereocenters. The summed E-state index contributed by atoms with van der Waals surface area (Å²) in [5.74, 6) is 0. The second kappa shape index (κ2) is 7.40. The third-order valence-corrected chi connectivity index (χ3v) is 2.26. The van der Waals surface area contributed by atoms with Gasteiger partial charge in [-0.2, -0.15) is 0 Å². The Kier molecular flexibility index (Phi) is 6.00. The van der Waals surface area contributed by atoms with E-state index >= 15 is 0 Å². The van der Waals surface area contributed by atoms with E-state index in [2.05, 4.69) is 24.4 Å². The molecular formula is C12H20N2O. The smallest absolute Gasteiger partial charge is 0.0720 e. The molecule has 0 bridgehead atoms. The van der Waals surface area contributed by atoms with Crippen LogP contribution in [0.5, 0.6) is 0 Å². The molecule has 0 fully saturated rings. The summed E-state index contributed by atoms with van der Waals surface area (Å²) in [5, 5.41) is 3.19. The van der Waals surface area contributed by atoms with Crippen LogP contribution in [0.4, 0.5) is 0 Å². The van der Waals surface area contributed by atoms with E-state index < -0.39 is 0 Å². The SMILES string of the molecule is Cc1ccccc1COCCNCCN. The van der Waals surface area contributed by atoms with Gasteiger partial charge in [-0.15, -0.1) is 0 Å². The third kappa shape index (κ3) is 4.93. The minimum Gasteiger partial charge on any atom is -0.375 e. The van der Waals surface area contributed by atoms with Crippen molar-refractivity contribution >= 4 is 0 Å². The highest BCUT2D eigenvalue weighted by molar-refractivity contribution is 5.24. The summed E-state index contributed by atoms with van der Waals surface area (Å²) in [6.45, 7) is 5.92. The van der Waals surface area contributed by atoms with E-state index in [0.29, 0.717) is 13.2 Å². The minimum atomic E-state index is 0.678. The molecule has 0 radical (unpaired) electrons. The van der Waals surface area contributed by atoms with Gasteiger partial charge in [-0.25, -0.2) is 0 Å². The molecule has 0 heterocycles. The molecule has 1 aromatic carbocycles. The molecule has 3 heteroatoms. The highest BCUT2D eigenvalue weighted by atomic mass is 16.5. The zero-order valence-corrected chi connectivity index (χ0v) is 9.33. The fourth-order valence-corrected chi connectivity index (χ4v) is 1.33. The standard InChI is InChI=1S/C12H20N2O/c1-11-4-2-3-5-12(11)10-15-9-8-14-7-6-13/h2-5,14H,6-10,13H2,1H3. The number of nitrogens with one attached hydrogen (secondary N) is 1.